The fraction of sp³-hybridized carbons (Fsp3) is 0.238. The number of nitrogens with zero attached hydrogens (tertiary/aromatic N) is 1. The number of halogens is 1. The van der Waals surface area contributed by atoms with Crippen molar-refractivity contribution in [2.75, 3.05) is 27.3 Å². The number of Topliss-reactive ketones (excluding diaryl/α,β-unsaturated/α-hetero) is 1. The first kappa shape index (κ1) is 20.7. The summed E-state index contributed by atoms with van der Waals surface area (Å²) in [5.41, 5.74) is 1.03. The highest BCUT2D eigenvalue weighted by Gasteiger charge is 2.27. The number of hydrogen-bond donors (Lipinski definition) is 1. The van der Waals surface area contributed by atoms with Gasteiger partial charge in [0.2, 0.25) is 5.78 Å². The summed E-state index contributed by atoms with van der Waals surface area (Å²) in [7, 11) is 3.30. The van der Waals surface area contributed by atoms with Crippen LogP contribution in [0.25, 0.3) is 6.08 Å². The van der Waals surface area contributed by atoms with Gasteiger partial charge in [0.25, 0.3) is 5.91 Å². The Morgan fingerprint density at radius 3 is 2.69 bits per heavy atom. The number of allylic oxidation sites excluding steroid dienone is 1. The van der Waals surface area contributed by atoms with E-state index in [0.29, 0.717) is 39.5 Å². The van der Waals surface area contributed by atoms with Crippen molar-refractivity contribution >= 4 is 33.7 Å². The molecule has 1 amide bonds. The molecule has 1 N–H and O–H groups in total. The van der Waals surface area contributed by atoms with E-state index in [-0.39, 0.29) is 29.8 Å². The molecule has 3 rings (SSSR count). The predicted octanol–water partition coefficient (Wildman–Crippen LogP) is 3.64. The molecule has 0 unspecified atom stereocenters. The summed E-state index contributed by atoms with van der Waals surface area (Å²) in [6.45, 7) is 2.09. The van der Waals surface area contributed by atoms with Crippen LogP contribution < -0.4 is 14.2 Å². The first-order valence-electron chi connectivity index (χ1n) is 8.86. The summed E-state index contributed by atoms with van der Waals surface area (Å²) < 4.78 is 17.5. The first-order valence-corrected chi connectivity index (χ1v) is 9.66. The first-order chi connectivity index (χ1) is 13.8. The second kappa shape index (κ2) is 8.57. The number of aromatic hydroxyl groups is 1. The van der Waals surface area contributed by atoms with E-state index in [0.717, 1.165) is 0 Å². The Morgan fingerprint density at radius 2 is 2.00 bits per heavy atom. The van der Waals surface area contributed by atoms with E-state index < -0.39 is 0 Å². The van der Waals surface area contributed by atoms with Crippen LogP contribution in [0, 0.1) is 0 Å². The van der Waals surface area contributed by atoms with Crippen molar-refractivity contribution in [3.63, 3.8) is 0 Å². The average Bonchev–Trinajstić information content (AvgIpc) is 2.95. The summed E-state index contributed by atoms with van der Waals surface area (Å²) in [5, 5.41) is 9.57. The summed E-state index contributed by atoms with van der Waals surface area (Å²) in [6.07, 6.45) is 1.58. The Kier molecular flexibility index (Phi) is 6.12. The van der Waals surface area contributed by atoms with Gasteiger partial charge in [-0.1, -0.05) is 0 Å². The largest absolute Gasteiger partial charge is 0.508 e. The van der Waals surface area contributed by atoms with Crippen molar-refractivity contribution in [3.05, 3.63) is 51.7 Å². The van der Waals surface area contributed by atoms with Crippen LogP contribution in [0.15, 0.2) is 40.6 Å². The SMILES string of the molecule is CCOc1cc(C=C2Oc3cc(O)ccc3C2=O)cc(Br)c1OCC(=O)N(C)C. The number of phenolic OH excluding ortho intramolecular Hbond substituents is 1. The molecule has 7 nitrogen and oxygen atoms in total. The quantitative estimate of drug-likeness (QED) is 0.660. The van der Waals surface area contributed by atoms with E-state index in [1.54, 1.807) is 32.3 Å². The van der Waals surface area contributed by atoms with Crippen LogP contribution >= 0.6 is 15.9 Å². The fourth-order valence-corrected chi connectivity index (χ4v) is 3.24. The third-order valence-corrected chi connectivity index (χ3v) is 4.71. The van der Waals surface area contributed by atoms with Crippen LogP contribution in [0.1, 0.15) is 22.8 Å². The van der Waals surface area contributed by atoms with Gasteiger partial charge in [-0.15, -0.1) is 0 Å². The van der Waals surface area contributed by atoms with Crippen molar-refractivity contribution in [3.8, 4) is 23.0 Å². The van der Waals surface area contributed by atoms with Gasteiger partial charge < -0.3 is 24.2 Å². The van der Waals surface area contributed by atoms with Gasteiger partial charge in [0, 0.05) is 20.2 Å². The summed E-state index contributed by atoms with van der Waals surface area (Å²) in [6, 6.07) is 7.80. The van der Waals surface area contributed by atoms with Gasteiger partial charge >= 0.3 is 0 Å². The molecular formula is C21H20BrNO6. The normalized spacial score (nSPS) is 13.8. The molecule has 0 bridgehead atoms. The molecule has 2 aromatic rings. The minimum atomic E-state index is -0.272. The van der Waals surface area contributed by atoms with E-state index in [2.05, 4.69) is 15.9 Å². The molecule has 0 saturated carbocycles. The number of carbonyl (C=O) groups is 2. The molecule has 0 aliphatic carbocycles. The van der Waals surface area contributed by atoms with E-state index in [4.69, 9.17) is 14.2 Å². The van der Waals surface area contributed by atoms with Gasteiger partial charge in [-0.3, -0.25) is 9.59 Å². The molecule has 0 saturated heterocycles. The van der Waals surface area contributed by atoms with Crippen molar-refractivity contribution in [2.45, 2.75) is 6.92 Å². The van der Waals surface area contributed by atoms with Crippen molar-refractivity contribution in [1.29, 1.82) is 0 Å². The smallest absolute Gasteiger partial charge is 0.259 e. The number of fused-ring (bicyclic) bond motifs is 1. The molecule has 0 spiro atoms. The lowest BCUT2D eigenvalue weighted by Gasteiger charge is -2.16. The van der Waals surface area contributed by atoms with Gasteiger partial charge in [0.15, 0.2) is 23.9 Å². The Balaban J connectivity index is 1.90. The van der Waals surface area contributed by atoms with E-state index in [1.165, 1.54) is 23.1 Å². The summed E-state index contributed by atoms with van der Waals surface area (Å²) >= 11 is 3.44. The molecule has 29 heavy (non-hydrogen) atoms. The fourth-order valence-electron chi connectivity index (χ4n) is 2.66. The molecular weight excluding hydrogens is 442 g/mol. The Labute approximate surface area is 176 Å². The van der Waals surface area contributed by atoms with Gasteiger partial charge in [-0.05, 0) is 58.8 Å². The standard InChI is InChI=1S/C21H20BrNO6/c1-4-27-18-9-12(7-15(22)21(18)28-11-19(25)23(2)3)8-17-20(26)14-6-5-13(24)10-16(14)29-17/h5-10,24H,4,11H2,1-3H3. The average molecular weight is 462 g/mol. The van der Waals surface area contributed by atoms with Crippen LogP contribution in [0.5, 0.6) is 23.0 Å². The third-order valence-electron chi connectivity index (χ3n) is 4.12. The second-order valence-corrected chi connectivity index (χ2v) is 7.31. The second-order valence-electron chi connectivity index (χ2n) is 6.46. The van der Waals surface area contributed by atoms with Gasteiger partial charge in [0.05, 0.1) is 16.6 Å². The van der Waals surface area contributed by atoms with Crippen molar-refractivity contribution in [2.24, 2.45) is 0 Å². The van der Waals surface area contributed by atoms with Crippen molar-refractivity contribution < 1.29 is 28.9 Å². The molecule has 0 aromatic heterocycles. The number of amides is 1. The van der Waals surface area contributed by atoms with Gasteiger partial charge in [0.1, 0.15) is 11.5 Å². The molecule has 0 atom stereocenters. The molecule has 2 aromatic carbocycles. The van der Waals surface area contributed by atoms with Crippen molar-refractivity contribution in [1.82, 2.24) is 4.90 Å². The highest BCUT2D eigenvalue weighted by molar-refractivity contribution is 9.10. The zero-order valence-corrected chi connectivity index (χ0v) is 17.8. The maximum Gasteiger partial charge on any atom is 0.259 e. The molecule has 1 heterocycles. The Hall–Kier alpha value is -3.00. The lowest BCUT2D eigenvalue weighted by molar-refractivity contribution is -0.130. The molecule has 152 valence electrons. The van der Waals surface area contributed by atoms with Crippen LogP contribution in [-0.2, 0) is 4.79 Å². The summed E-state index contributed by atoms with van der Waals surface area (Å²) in [5.74, 6) is 0.844. The Morgan fingerprint density at radius 1 is 1.24 bits per heavy atom. The maximum atomic E-state index is 12.5. The van der Waals surface area contributed by atoms with Crippen LogP contribution in [0.3, 0.4) is 0 Å². The molecule has 1 aliphatic rings. The number of phenols is 1. The topological polar surface area (TPSA) is 85.3 Å². The number of benzene rings is 2. The highest BCUT2D eigenvalue weighted by Crippen LogP contribution is 2.39. The molecule has 8 heteroatoms. The lowest BCUT2D eigenvalue weighted by atomic mass is 10.1. The number of rotatable bonds is 6. The van der Waals surface area contributed by atoms with E-state index in [9.17, 15) is 14.7 Å². The van der Waals surface area contributed by atoms with E-state index in [1.807, 2.05) is 6.92 Å². The Bertz CT molecular complexity index is 999. The van der Waals surface area contributed by atoms with Crippen LogP contribution in [0.2, 0.25) is 0 Å². The molecule has 1 aliphatic heterocycles. The van der Waals surface area contributed by atoms with Crippen LogP contribution in [-0.4, -0.2) is 49.0 Å². The summed E-state index contributed by atoms with van der Waals surface area (Å²) in [4.78, 5) is 25.8. The minimum Gasteiger partial charge on any atom is -0.508 e. The minimum absolute atomic E-state index is 0.0212. The number of carbonyl (C=O) groups excluding carboxylic acids is 2. The van der Waals surface area contributed by atoms with Gasteiger partial charge in [-0.2, -0.15) is 0 Å². The number of hydrogen-bond acceptors (Lipinski definition) is 6. The van der Waals surface area contributed by atoms with E-state index >= 15 is 0 Å². The predicted molar refractivity (Wildman–Crippen MR) is 111 cm³/mol. The number of ketones is 1. The van der Waals surface area contributed by atoms with Gasteiger partial charge in [-0.25, -0.2) is 0 Å². The number of ether oxygens (including phenoxy) is 3. The zero-order chi connectivity index (χ0) is 21.1. The lowest BCUT2D eigenvalue weighted by Crippen LogP contribution is -2.27. The van der Waals surface area contributed by atoms with Crippen LogP contribution in [0.4, 0.5) is 0 Å². The maximum absolute atomic E-state index is 12.5. The molecule has 0 radical (unpaired) electrons. The third kappa shape index (κ3) is 4.54. The monoisotopic (exact) mass is 461 g/mol. The molecule has 0 fully saturated rings. The zero-order valence-electron chi connectivity index (χ0n) is 16.2. The number of likely N-dealkylation sites (N-methyl/N-ethyl adjacent to an activating group) is 1. The highest BCUT2D eigenvalue weighted by atomic mass is 79.9.